The van der Waals surface area contributed by atoms with Gasteiger partial charge in [-0.2, -0.15) is 5.21 Å². The van der Waals surface area contributed by atoms with Crippen LogP contribution in [0.1, 0.15) is 38.7 Å². The Hall–Kier alpha value is -2.25. The predicted molar refractivity (Wildman–Crippen MR) is 65.1 cm³/mol. The Morgan fingerprint density at radius 3 is 2.78 bits per heavy atom. The molecule has 0 saturated carbocycles. The number of nitrogens with zero attached hydrogens (tertiary/aromatic N) is 5. The van der Waals surface area contributed by atoms with Crippen molar-refractivity contribution in [2.45, 2.75) is 32.9 Å². The van der Waals surface area contributed by atoms with Crippen molar-refractivity contribution in [1.29, 1.82) is 0 Å². The fraction of sp³-hybridized carbons (Fsp3) is 0.500. The summed E-state index contributed by atoms with van der Waals surface area (Å²) in [6.07, 6.45) is 3.25. The number of aromatic amines is 1. The Bertz CT molecular complexity index is 560. The lowest BCUT2D eigenvalue weighted by Gasteiger charge is -2.13. The Balaban J connectivity index is 2.25. The first-order valence-electron chi connectivity index (χ1n) is 5.66. The normalized spacial score (nSPS) is 12.7. The number of hydrogen-bond acceptors (Lipinski definition) is 6. The maximum absolute atomic E-state index is 12.1. The molecule has 2 rings (SSSR count). The zero-order valence-electron chi connectivity index (χ0n) is 10.5. The summed E-state index contributed by atoms with van der Waals surface area (Å²) in [6, 6.07) is -0.159. The van der Waals surface area contributed by atoms with Crippen LogP contribution in [0, 0.1) is 0 Å². The van der Waals surface area contributed by atoms with Gasteiger partial charge in [0.2, 0.25) is 0 Å². The highest BCUT2D eigenvalue weighted by molar-refractivity contribution is 5.33. The van der Waals surface area contributed by atoms with Crippen LogP contribution in [0.4, 0.5) is 5.82 Å². The van der Waals surface area contributed by atoms with Gasteiger partial charge >= 0.3 is 0 Å². The molecule has 8 nitrogen and oxygen atoms in total. The number of nitrogens with one attached hydrogen (secondary N) is 2. The zero-order valence-corrected chi connectivity index (χ0v) is 10.5. The molecule has 96 valence electrons. The van der Waals surface area contributed by atoms with Gasteiger partial charge in [-0.25, -0.2) is 4.98 Å². The third kappa shape index (κ3) is 2.36. The topological polar surface area (TPSA) is 101 Å². The van der Waals surface area contributed by atoms with Crippen molar-refractivity contribution in [3.8, 4) is 0 Å². The van der Waals surface area contributed by atoms with Gasteiger partial charge in [-0.3, -0.25) is 4.79 Å². The molecular weight excluding hydrogens is 234 g/mol. The molecule has 0 aliphatic carbocycles. The average molecular weight is 249 g/mol. The molecule has 0 radical (unpaired) electrons. The summed E-state index contributed by atoms with van der Waals surface area (Å²) in [5.41, 5.74) is -0.164. The molecule has 0 saturated heterocycles. The highest BCUT2D eigenvalue weighted by Gasteiger charge is 2.14. The Kier molecular flexibility index (Phi) is 3.35. The molecule has 1 unspecified atom stereocenters. The van der Waals surface area contributed by atoms with Gasteiger partial charge in [-0.15, -0.1) is 10.2 Å². The van der Waals surface area contributed by atoms with E-state index in [0.29, 0.717) is 5.82 Å². The molecule has 2 heterocycles. The van der Waals surface area contributed by atoms with Crippen LogP contribution in [0.5, 0.6) is 0 Å². The number of rotatable bonds is 4. The molecule has 2 aromatic heterocycles. The van der Waals surface area contributed by atoms with Gasteiger partial charge in [0, 0.05) is 18.4 Å². The third-order valence-electron chi connectivity index (χ3n) is 2.53. The van der Waals surface area contributed by atoms with Crippen molar-refractivity contribution in [3.05, 3.63) is 28.6 Å². The molecule has 1 atom stereocenters. The quantitative estimate of drug-likeness (QED) is 0.818. The molecule has 0 aromatic carbocycles. The van der Waals surface area contributed by atoms with E-state index < -0.39 is 0 Å². The summed E-state index contributed by atoms with van der Waals surface area (Å²) in [4.78, 5) is 16.1. The highest BCUT2D eigenvalue weighted by atomic mass is 16.1. The second kappa shape index (κ2) is 4.94. The first-order valence-corrected chi connectivity index (χ1v) is 5.66. The second-order valence-electron chi connectivity index (χ2n) is 4.22. The van der Waals surface area contributed by atoms with E-state index in [2.05, 4.69) is 30.9 Å². The summed E-state index contributed by atoms with van der Waals surface area (Å²) in [6.45, 7) is 5.71. The van der Waals surface area contributed by atoms with E-state index in [1.54, 1.807) is 17.0 Å². The fourth-order valence-electron chi connectivity index (χ4n) is 1.55. The van der Waals surface area contributed by atoms with Gasteiger partial charge in [0.25, 0.3) is 5.56 Å². The number of hydrogen-bond donors (Lipinski definition) is 2. The van der Waals surface area contributed by atoms with E-state index >= 15 is 0 Å². The lowest BCUT2D eigenvalue weighted by molar-refractivity contribution is 0.574. The maximum atomic E-state index is 12.1. The van der Waals surface area contributed by atoms with E-state index in [4.69, 9.17) is 0 Å². The number of tetrazole rings is 1. The fourth-order valence-corrected chi connectivity index (χ4v) is 1.55. The summed E-state index contributed by atoms with van der Waals surface area (Å²) < 4.78 is 1.61. The Labute approximate surface area is 103 Å². The number of H-pyrrole nitrogens is 1. The van der Waals surface area contributed by atoms with Crippen molar-refractivity contribution in [3.63, 3.8) is 0 Å². The number of anilines is 1. The first kappa shape index (κ1) is 12.2. The van der Waals surface area contributed by atoms with E-state index in [1.807, 2.05) is 20.8 Å². The molecule has 8 heteroatoms. The Morgan fingerprint density at radius 2 is 2.17 bits per heavy atom. The summed E-state index contributed by atoms with van der Waals surface area (Å²) >= 11 is 0. The van der Waals surface area contributed by atoms with E-state index in [-0.39, 0.29) is 23.5 Å². The van der Waals surface area contributed by atoms with Gasteiger partial charge in [0.1, 0.15) is 0 Å². The minimum absolute atomic E-state index is 0.0848. The molecule has 0 fully saturated rings. The van der Waals surface area contributed by atoms with Gasteiger partial charge in [0.15, 0.2) is 11.6 Å². The van der Waals surface area contributed by atoms with Crippen LogP contribution in [0.2, 0.25) is 0 Å². The van der Waals surface area contributed by atoms with Crippen molar-refractivity contribution >= 4 is 5.82 Å². The van der Waals surface area contributed by atoms with Crippen molar-refractivity contribution in [2.75, 3.05) is 5.32 Å². The zero-order chi connectivity index (χ0) is 13.1. The number of aromatic nitrogens is 6. The van der Waals surface area contributed by atoms with Crippen LogP contribution in [0.25, 0.3) is 0 Å². The van der Waals surface area contributed by atoms with Gasteiger partial charge in [-0.1, -0.05) is 5.21 Å². The van der Waals surface area contributed by atoms with Crippen molar-refractivity contribution < 1.29 is 0 Å². The second-order valence-corrected chi connectivity index (χ2v) is 4.22. The van der Waals surface area contributed by atoms with E-state index in [0.717, 1.165) is 0 Å². The largest absolute Gasteiger partial charge is 0.356 e. The lowest BCUT2D eigenvalue weighted by Crippen LogP contribution is -2.26. The van der Waals surface area contributed by atoms with Crippen LogP contribution >= 0.6 is 0 Å². The van der Waals surface area contributed by atoms with Gasteiger partial charge < -0.3 is 9.88 Å². The molecule has 0 amide bonds. The smallest absolute Gasteiger partial charge is 0.293 e. The van der Waals surface area contributed by atoms with Crippen molar-refractivity contribution in [2.24, 2.45) is 0 Å². The minimum Gasteiger partial charge on any atom is -0.356 e. The van der Waals surface area contributed by atoms with Crippen LogP contribution in [0.15, 0.2) is 17.2 Å². The van der Waals surface area contributed by atoms with Crippen LogP contribution < -0.4 is 10.9 Å². The minimum atomic E-state index is -0.244. The van der Waals surface area contributed by atoms with Gasteiger partial charge in [0.05, 0.1) is 6.04 Å². The molecule has 0 bridgehead atoms. The average Bonchev–Trinajstić information content (AvgIpc) is 2.85. The monoisotopic (exact) mass is 249 g/mol. The molecule has 0 spiro atoms. The van der Waals surface area contributed by atoms with E-state index in [1.165, 1.54) is 0 Å². The molecule has 0 aliphatic rings. The predicted octanol–water partition coefficient (Wildman–Crippen LogP) is 0.510. The third-order valence-corrected chi connectivity index (χ3v) is 2.53. The summed E-state index contributed by atoms with van der Waals surface area (Å²) in [5.74, 6) is 0.764. The van der Waals surface area contributed by atoms with Crippen LogP contribution in [-0.2, 0) is 0 Å². The first-order chi connectivity index (χ1) is 8.59. The Morgan fingerprint density at radius 1 is 1.39 bits per heavy atom. The molecular formula is C10H15N7O. The summed E-state index contributed by atoms with van der Waals surface area (Å²) in [7, 11) is 0. The lowest BCUT2D eigenvalue weighted by atomic mass is 10.3. The summed E-state index contributed by atoms with van der Waals surface area (Å²) in [5, 5.41) is 16.5. The molecule has 0 aliphatic heterocycles. The van der Waals surface area contributed by atoms with Crippen molar-refractivity contribution in [1.82, 2.24) is 30.2 Å². The standard InChI is InChI=1S/C10H15N7O/c1-6(2)17-5-4-11-9(10(17)18)12-7(3)8-13-15-16-14-8/h4-7H,1-3H3,(H,11,12)(H,13,14,15,16). The molecule has 2 aromatic rings. The molecule has 18 heavy (non-hydrogen) atoms. The van der Waals surface area contributed by atoms with E-state index in [9.17, 15) is 4.79 Å². The molecule has 2 N–H and O–H groups in total. The van der Waals surface area contributed by atoms with Gasteiger partial charge in [-0.05, 0) is 20.8 Å². The van der Waals surface area contributed by atoms with Crippen LogP contribution in [-0.4, -0.2) is 30.2 Å². The van der Waals surface area contributed by atoms with Crippen LogP contribution in [0.3, 0.4) is 0 Å². The maximum Gasteiger partial charge on any atom is 0.293 e. The SMILES string of the molecule is CC(Nc1nccn(C(C)C)c1=O)c1nn[nH]n1. The highest BCUT2D eigenvalue weighted by Crippen LogP contribution is 2.10.